The number of carbonyl (C=O) groups excluding carboxylic acids is 2. The Morgan fingerprint density at radius 2 is 1.57 bits per heavy atom. The highest BCUT2D eigenvalue weighted by Crippen LogP contribution is 2.16. The molecule has 0 atom stereocenters. The SMILES string of the molecule is CC(=O)N(CCC(=O)N1CCN(c2ccccc2)CC1)Cc1ccccc1C. The van der Waals surface area contributed by atoms with Crippen molar-refractivity contribution < 1.29 is 9.59 Å². The molecular formula is C23H29N3O2. The van der Waals surface area contributed by atoms with E-state index in [2.05, 4.69) is 17.0 Å². The van der Waals surface area contributed by atoms with E-state index in [0.29, 0.717) is 19.5 Å². The Morgan fingerprint density at radius 3 is 2.21 bits per heavy atom. The first-order valence-electron chi connectivity index (χ1n) is 9.92. The molecule has 1 fully saturated rings. The average Bonchev–Trinajstić information content (AvgIpc) is 2.72. The van der Waals surface area contributed by atoms with Gasteiger partial charge in [-0.05, 0) is 30.2 Å². The molecule has 2 aromatic carbocycles. The van der Waals surface area contributed by atoms with Gasteiger partial charge in [0.05, 0.1) is 0 Å². The summed E-state index contributed by atoms with van der Waals surface area (Å²) in [6.45, 7) is 7.77. The van der Waals surface area contributed by atoms with Gasteiger partial charge in [0.15, 0.2) is 0 Å². The van der Waals surface area contributed by atoms with Crippen LogP contribution in [0.3, 0.4) is 0 Å². The number of piperazine rings is 1. The summed E-state index contributed by atoms with van der Waals surface area (Å²) in [7, 11) is 0. The average molecular weight is 380 g/mol. The standard InChI is InChI=1S/C23H29N3O2/c1-19-8-6-7-9-21(19)18-26(20(2)27)13-12-23(28)25-16-14-24(15-17-25)22-10-4-3-5-11-22/h3-11H,12-18H2,1-2H3. The van der Waals surface area contributed by atoms with Crippen LogP contribution in [0.5, 0.6) is 0 Å². The lowest BCUT2D eigenvalue weighted by Crippen LogP contribution is -2.49. The molecule has 2 amide bonds. The van der Waals surface area contributed by atoms with Gasteiger partial charge in [-0.2, -0.15) is 0 Å². The number of rotatable bonds is 6. The van der Waals surface area contributed by atoms with Crippen LogP contribution in [0.25, 0.3) is 0 Å². The molecule has 0 aliphatic carbocycles. The molecule has 0 aromatic heterocycles. The number of carbonyl (C=O) groups is 2. The third-order valence-corrected chi connectivity index (χ3v) is 5.42. The predicted octanol–water partition coefficient (Wildman–Crippen LogP) is 3.08. The minimum absolute atomic E-state index is 0.00458. The minimum atomic E-state index is 0.00458. The van der Waals surface area contributed by atoms with E-state index < -0.39 is 0 Å². The number of anilines is 1. The number of hydrogen-bond acceptors (Lipinski definition) is 3. The first kappa shape index (κ1) is 19.9. The van der Waals surface area contributed by atoms with E-state index in [1.807, 2.05) is 54.3 Å². The fourth-order valence-corrected chi connectivity index (χ4v) is 3.58. The third kappa shape index (κ3) is 5.12. The highest BCUT2D eigenvalue weighted by molar-refractivity contribution is 5.78. The van der Waals surface area contributed by atoms with Gasteiger partial charge in [-0.25, -0.2) is 0 Å². The van der Waals surface area contributed by atoms with Gasteiger partial charge in [-0.15, -0.1) is 0 Å². The number of amides is 2. The third-order valence-electron chi connectivity index (χ3n) is 5.42. The number of nitrogens with zero attached hydrogens (tertiary/aromatic N) is 3. The number of aryl methyl sites for hydroxylation is 1. The summed E-state index contributed by atoms with van der Waals surface area (Å²) >= 11 is 0. The maximum atomic E-state index is 12.7. The Labute approximate surface area is 167 Å². The smallest absolute Gasteiger partial charge is 0.224 e. The summed E-state index contributed by atoms with van der Waals surface area (Å²) in [6.07, 6.45) is 0.372. The van der Waals surface area contributed by atoms with Crippen molar-refractivity contribution in [2.24, 2.45) is 0 Å². The van der Waals surface area contributed by atoms with E-state index in [0.717, 1.165) is 37.3 Å². The van der Waals surface area contributed by atoms with Crippen molar-refractivity contribution in [2.45, 2.75) is 26.8 Å². The second-order valence-corrected chi connectivity index (χ2v) is 7.32. The Bertz CT molecular complexity index is 799. The largest absolute Gasteiger partial charge is 0.368 e. The molecule has 1 aliphatic rings. The molecule has 3 rings (SSSR count). The van der Waals surface area contributed by atoms with Crippen molar-refractivity contribution in [2.75, 3.05) is 37.6 Å². The zero-order valence-electron chi connectivity index (χ0n) is 16.8. The highest BCUT2D eigenvalue weighted by Gasteiger charge is 2.22. The maximum absolute atomic E-state index is 12.7. The van der Waals surface area contributed by atoms with E-state index in [4.69, 9.17) is 0 Å². The number of benzene rings is 2. The molecular weight excluding hydrogens is 350 g/mol. The molecule has 0 saturated carbocycles. The van der Waals surface area contributed by atoms with Crippen LogP contribution in [-0.4, -0.2) is 54.3 Å². The van der Waals surface area contributed by atoms with Crippen LogP contribution in [0.2, 0.25) is 0 Å². The zero-order chi connectivity index (χ0) is 19.9. The Balaban J connectivity index is 1.50. The molecule has 148 valence electrons. The van der Waals surface area contributed by atoms with Crippen molar-refractivity contribution in [3.8, 4) is 0 Å². The monoisotopic (exact) mass is 379 g/mol. The van der Waals surface area contributed by atoms with Gasteiger partial charge in [0, 0.05) is 58.3 Å². The minimum Gasteiger partial charge on any atom is -0.368 e. The molecule has 1 saturated heterocycles. The summed E-state index contributed by atoms with van der Waals surface area (Å²) in [5, 5.41) is 0. The Kier molecular flexibility index (Phi) is 6.69. The quantitative estimate of drug-likeness (QED) is 0.775. The van der Waals surface area contributed by atoms with E-state index in [1.165, 1.54) is 5.69 Å². The predicted molar refractivity (Wildman–Crippen MR) is 112 cm³/mol. The Morgan fingerprint density at radius 1 is 0.929 bits per heavy atom. The van der Waals surface area contributed by atoms with Gasteiger partial charge in [-0.1, -0.05) is 42.5 Å². The van der Waals surface area contributed by atoms with Crippen LogP contribution >= 0.6 is 0 Å². The van der Waals surface area contributed by atoms with Gasteiger partial charge in [0.1, 0.15) is 0 Å². The first-order chi connectivity index (χ1) is 13.5. The van der Waals surface area contributed by atoms with Crippen molar-refractivity contribution in [1.82, 2.24) is 9.80 Å². The summed E-state index contributed by atoms with van der Waals surface area (Å²) in [6, 6.07) is 18.4. The van der Waals surface area contributed by atoms with Crippen molar-refractivity contribution in [1.29, 1.82) is 0 Å². The summed E-state index contributed by atoms with van der Waals surface area (Å²) < 4.78 is 0. The zero-order valence-corrected chi connectivity index (χ0v) is 16.8. The lowest BCUT2D eigenvalue weighted by molar-refractivity contribution is -0.134. The lowest BCUT2D eigenvalue weighted by Gasteiger charge is -2.36. The molecule has 1 aliphatic heterocycles. The van der Waals surface area contributed by atoms with Crippen LogP contribution < -0.4 is 4.90 Å². The lowest BCUT2D eigenvalue weighted by atomic mass is 10.1. The van der Waals surface area contributed by atoms with Crippen molar-refractivity contribution >= 4 is 17.5 Å². The second kappa shape index (κ2) is 9.40. The highest BCUT2D eigenvalue weighted by atomic mass is 16.2. The van der Waals surface area contributed by atoms with Crippen LogP contribution in [0.4, 0.5) is 5.69 Å². The van der Waals surface area contributed by atoms with E-state index >= 15 is 0 Å². The van der Waals surface area contributed by atoms with Crippen LogP contribution in [0, 0.1) is 6.92 Å². The van der Waals surface area contributed by atoms with Gasteiger partial charge >= 0.3 is 0 Å². The van der Waals surface area contributed by atoms with Gasteiger partial charge in [0.2, 0.25) is 11.8 Å². The summed E-state index contributed by atoms with van der Waals surface area (Å²) in [5.41, 5.74) is 3.49. The second-order valence-electron chi connectivity index (χ2n) is 7.32. The molecule has 5 nitrogen and oxygen atoms in total. The van der Waals surface area contributed by atoms with Crippen LogP contribution in [0.1, 0.15) is 24.5 Å². The molecule has 0 spiro atoms. The van der Waals surface area contributed by atoms with Gasteiger partial charge in [-0.3, -0.25) is 9.59 Å². The number of para-hydroxylation sites is 1. The van der Waals surface area contributed by atoms with Crippen molar-refractivity contribution in [3.63, 3.8) is 0 Å². The van der Waals surface area contributed by atoms with E-state index in [1.54, 1.807) is 11.8 Å². The maximum Gasteiger partial charge on any atom is 0.224 e. The van der Waals surface area contributed by atoms with Crippen LogP contribution in [0.15, 0.2) is 54.6 Å². The van der Waals surface area contributed by atoms with Gasteiger partial charge < -0.3 is 14.7 Å². The summed E-state index contributed by atoms with van der Waals surface area (Å²) in [5.74, 6) is 0.133. The molecule has 5 heteroatoms. The van der Waals surface area contributed by atoms with Gasteiger partial charge in [0.25, 0.3) is 0 Å². The fraction of sp³-hybridized carbons (Fsp3) is 0.391. The topological polar surface area (TPSA) is 43.9 Å². The van der Waals surface area contributed by atoms with E-state index in [-0.39, 0.29) is 11.8 Å². The first-order valence-corrected chi connectivity index (χ1v) is 9.92. The Hall–Kier alpha value is -2.82. The molecule has 0 bridgehead atoms. The molecule has 2 aromatic rings. The summed E-state index contributed by atoms with van der Waals surface area (Å²) in [4.78, 5) is 30.7. The molecule has 0 unspecified atom stereocenters. The van der Waals surface area contributed by atoms with E-state index in [9.17, 15) is 9.59 Å². The molecule has 28 heavy (non-hydrogen) atoms. The molecule has 0 radical (unpaired) electrons. The fourth-order valence-electron chi connectivity index (χ4n) is 3.58. The molecule has 0 N–H and O–H groups in total. The molecule has 1 heterocycles. The number of hydrogen-bond donors (Lipinski definition) is 0. The van der Waals surface area contributed by atoms with Crippen molar-refractivity contribution in [3.05, 3.63) is 65.7 Å². The normalized spacial score (nSPS) is 14.1. The van der Waals surface area contributed by atoms with Crippen LogP contribution in [-0.2, 0) is 16.1 Å².